The lowest BCUT2D eigenvalue weighted by atomic mass is 9.98. The third-order valence-corrected chi connectivity index (χ3v) is 5.46. The highest BCUT2D eigenvalue weighted by Crippen LogP contribution is 2.20. The first kappa shape index (κ1) is 25.6. The first-order chi connectivity index (χ1) is 14.8. The highest BCUT2D eigenvalue weighted by atomic mass is 127. The van der Waals surface area contributed by atoms with Crippen molar-refractivity contribution in [1.82, 2.24) is 20.2 Å². The number of aromatic nitrogens is 2. The van der Waals surface area contributed by atoms with E-state index in [0.717, 1.165) is 57.4 Å². The molecule has 7 heteroatoms. The number of nitrogens with one attached hydrogen (secondary N) is 2. The number of rotatable bonds is 11. The van der Waals surface area contributed by atoms with Crippen molar-refractivity contribution in [1.29, 1.82) is 0 Å². The van der Waals surface area contributed by atoms with Crippen molar-refractivity contribution in [3.8, 4) is 0 Å². The highest BCUT2D eigenvalue weighted by Gasteiger charge is 2.13. The van der Waals surface area contributed by atoms with Gasteiger partial charge in [-0.05, 0) is 31.7 Å². The van der Waals surface area contributed by atoms with E-state index in [1.54, 1.807) is 0 Å². The minimum absolute atomic E-state index is 0. The van der Waals surface area contributed by atoms with Crippen molar-refractivity contribution in [2.45, 2.75) is 64.5 Å². The number of hydrogen-bond acceptors (Lipinski definition) is 3. The van der Waals surface area contributed by atoms with Crippen LogP contribution in [0.4, 0.5) is 0 Å². The molecule has 2 aromatic rings. The van der Waals surface area contributed by atoms with Crippen molar-refractivity contribution in [3.05, 3.63) is 54.1 Å². The monoisotopic (exact) mass is 539 g/mol. The highest BCUT2D eigenvalue weighted by molar-refractivity contribution is 14.0. The Kier molecular flexibility index (Phi) is 12.6. The van der Waals surface area contributed by atoms with Crippen LogP contribution in [0.2, 0.25) is 0 Å². The van der Waals surface area contributed by atoms with Crippen LogP contribution in [0.25, 0.3) is 0 Å². The lowest BCUT2D eigenvalue weighted by Gasteiger charge is -2.21. The van der Waals surface area contributed by atoms with Crippen molar-refractivity contribution in [3.63, 3.8) is 0 Å². The molecule has 1 aromatic carbocycles. The molecular formula is C24H38IN5O. The fourth-order valence-electron chi connectivity index (χ4n) is 3.86. The molecular weight excluding hydrogens is 501 g/mol. The predicted molar refractivity (Wildman–Crippen MR) is 138 cm³/mol. The van der Waals surface area contributed by atoms with Gasteiger partial charge in [-0.3, -0.25) is 4.99 Å². The van der Waals surface area contributed by atoms with E-state index < -0.39 is 0 Å². The fourth-order valence-corrected chi connectivity index (χ4v) is 3.86. The minimum Gasteiger partial charge on any atom is -0.378 e. The minimum atomic E-state index is 0. The van der Waals surface area contributed by atoms with E-state index >= 15 is 0 Å². The molecule has 1 fully saturated rings. The molecule has 2 N–H and O–H groups in total. The van der Waals surface area contributed by atoms with Crippen LogP contribution >= 0.6 is 24.0 Å². The molecule has 172 valence electrons. The molecule has 1 aliphatic carbocycles. The summed E-state index contributed by atoms with van der Waals surface area (Å²) in [4.78, 5) is 9.22. The van der Waals surface area contributed by atoms with Crippen LogP contribution in [0.1, 0.15) is 56.8 Å². The zero-order valence-corrected chi connectivity index (χ0v) is 21.1. The van der Waals surface area contributed by atoms with Crippen LogP contribution in [-0.4, -0.2) is 47.9 Å². The average Bonchev–Trinajstić information content (AvgIpc) is 3.21. The molecule has 0 radical (unpaired) electrons. The second-order valence-electron chi connectivity index (χ2n) is 7.88. The van der Waals surface area contributed by atoms with E-state index in [1.165, 1.54) is 37.7 Å². The summed E-state index contributed by atoms with van der Waals surface area (Å²) >= 11 is 0. The molecule has 0 spiro atoms. The van der Waals surface area contributed by atoms with Crippen LogP contribution in [-0.2, 0) is 17.7 Å². The van der Waals surface area contributed by atoms with E-state index in [2.05, 4.69) is 51.4 Å². The Morgan fingerprint density at radius 2 is 1.97 bits per heavy atom. The van der Waals surface area contributed by atoms with Crippen LogP contribution in [0.15, 0.2) is 47.7 Å². The number of guanidine groups is 1. The van der Waals surface area contributed by atoms with Crippen LogP contribution in [0, 0.1) is 0 Å². The second-order valence-corrected chi connectivity index (χ2v) is 7.88. The zero-order valence-electron chi connectivity index (χ0n) is 18.8. The van der Waals surface area contributed by atoms with E-state index in [1.807, 2.05) is 18.5 Å². The SMILES string of the molecule is CCNC(=NCCCOC1CCCCC1)NCCc1nccn1Cc1ccccc1.I. The Morgan fingerprint density at radius 3 is 2.74 bits per heavy atom. The Bertz CT molecular complexity index is 743. The van der Waals surface area contributed by atoms with Gasteiger partial charge < -0.3 is 19.9 Å². The summed E-state index contributed by atoms with van der Waals surface area (Å²) < 4.78 is 8.21. The third-order valence-electron chi connectivity index (χ3n) is 5.46. The van der Waals surface area contributed by atoms with E-state index in [-0.39, 0.29) is 24.0 Å². The molecule has 1 heterocycles. The largest absolute Gasteiger partial charge is 0.378 e. The van der Waals surface area contributed by atoms with Crippen LogP contribution < -0.4 is 10.6 Å². The third kappa shape index (κ3) is 9.60. The summed E-state index contributed by atoms with van der Waals surface area (Å²) in [7, 11) is 0. The average molecular weight is 540 g/mol. The number of halogens is 1. The van der Waals surface area contributed by atoms with Gasteiger partial charge in [0, 0.05) is 51.6 Å². The van der Waals surface area contributed by atoms with Crippen LogP contribution in [0.3, 0.4) is 0 Å². The summed E-state index contributed by atoms with van der Waals surface area (Å²) in [6.07, 6.45) is 12.7. The number of benzene rings is 1. The normalized spacial score (nSPS) is 14.8. The lowest BCUT2D eigenvalue weighted by Crippen LogP contribution is -2.38. The molecule has 0 aliphatic heterocycles. The van der Waals surface area contributed by atoms with E-state index in [4.69, 9.17) is 9.73 Å². The Balaban J connectivity index is 0.00000341. The second kappa shape index (κ2) is 15.2. The smallest absolute Gasteiger partial charge is 0.191 e. The Hall–Kier alpha value is -1.61. The van der Waals surface area contributed by atoms with E-state index in [0.29, 0.717) is 6.10 Å². The van der Waals surface area contributed by atoms with Gasteiger partial charge in [0.25, 0.3) is 0 Å². The topological polar surface area (TPSA) is 63.5 Å². The van der Waals surface area contributed by atoms with Gasteiger partial charge in [0.1, 0.15) is 5.82 Å². The van der Waals surface area contributed by atoms with E-state index in [9.17, 15) is 0 Å². The molecule has 1 saturated carbocycles. The number of nitrogens with zero attached hydrogens (tertiary/aromatic N) is 3. The van der Waals surface area contributed by atoms with Crippen molar-refractivity contribution in [2.75, 3.05) is 26.2 Å². The van der Waals surface area contributed by atoms with Crippen LogP contribution in [0.5, 0.6) is 0 Å². The molecule has 31 heavy (non-hydrogen) atoms. The summed E-state index contributed by atoms with van der Waals surface area (Å²) in [5.41, 5.74) is 1.29. The van der Waals surface area contributed by atoms with Crippen molar-refractivity contribution < 1.29 is 4.74 Å². The molecule has 3 rings (SSSR count). The maximum Gasteiger partial charge on any atom is 0.191 e. The summed E-state index contributed by atoms with van der Waals surface area (Å²) in [5, 5.41) is 6.76. The Labute approximate surface area is 204 Å². The molecule has 0 saturated heterocycles. The predicted octanol–water partition coefficient (Wildman–Crippen LogP) is 4.39. The Morgan fingerprint density at radius 1 is 1.16 bits per heavy atom. The molecule has 0 bridgehead atoms. The van der Waals surface area contributed by atoms with Gasteiger partial charge in [-0.25, -0.2) is 4.98 Å². The fraction of sp³-hybridized carbons (Fsp3) is 0.583. The molecule has 1 aromatic heterocycles. The van der Waals surface area contributed by atoms with Crippen molar-refractivity contribution >= 4 is 29.9 Å². The van der Waals surface area contributed by atoms with Gasteiger partial charge in [0.05, 0.1) is 6.10 Å². The maximum atomic E-state index is 6.00. The number of aliphatic imine (C=N–C) groups is 1. The van der Waals surface area contributed by atoms with Crippen molar-refractivity contribution in [2.24, 2.45) is 4.99 Å². The molecule has 0 atom stereocenters. The van der Waals surface area contributed by atoms with Gasteiger partial charge in [0.15, 0.2) is 5.96 Å². The molecule has 6 nitrogen and oxygen atoms in total. The van der Waals surface area contributed by atoms with Gasteiger partial charge in [-0.1, -0.05) is 49.6 Å². The first-order valence-corrected chi connectivity index (χ1v) is 11.5. The standard InChI is InChI=1S/C24H37N5O.HI/c1-2-25-24(27-15-9-19-30-22-12-7-4-8-13-22)28-16-14-23-26-17-18-29(23)20-21-10-5-3-6-11-21;/h3,5-6,10-11,17-18,22H,2,4,7-9,12-16,19-20H2,1H3,(H2,25,27,28);1H. The summed E-state index contributed by atoms with van der Waals surface area (Å²) in [6.45, 7) is 6.19. The molecule has 0 unspecified atom stereocenters. The van der Waals surface area contributed by atoms with Gasteiger partial charge in [0.2, 0.25) is 0 Å². The van der Waals surface area contributed by atoms with Gasteiger partial charge in [-0.15, -0.1) is 24.0 Å². The zero-order chi connectivity index (χ0) is 20.9. The number of imidazole rings is 1. The van der Waals surface area contributed by atoms with Gasteiger partial charge >= 0.3 is 0 Å². The maximum absolute atomic E-state index is 6.00. The number of ether oxygens (including phenoxy) is 1. The first-order valence-electron chi connectivity index (χ1n) is 11.5. The summed E-state index contributed by atoms with van der Waals surface area (Å²) in [6, 6.07) is 10.5. The lowest BCUT2D eigenvalue weighted by molar-refractivity contribution is 0.0281. The number of hydrogen-bond donors (Lipinski definition) is 2. The molecule has 0 amide bonds. The van der Waals surface area contributed by atoms with Gasteiger partial charge in [-0.2, -0.15) is 0 Å². The molecule has 1 aliphatic rings. The summed E-state index contributed by atoms with van der Waals surface area (Å²) in [5.74, 6) is 1.96. The quantitative estimate of drug-likeness (QED) is 0.193.